The summed E-state index contributed by atoms with van der Waals surface area (Å²) in [6.45, 7) is 0. The quantitative estimate of drug-likeness (QED) is 0.520. The van der Waals surface area contributed by atoms with Crippen molar-refractivity contribution in [2.24, 2.45) is 5.92 Å². The number of aryl methyl sites for hydroxylation is 1. The molecule has 0 unspecified atom stereocenters. The van der Waals surface area contributed by atoms with Gasteiger partial charge in [0, 0.05) is 4.88 Å². The molecule has 1 saturated carbocycles. The van der Waals surface area contributed by atoms with E-state index >= 15 is 0 Å². The molecule has 0 bridgehead atoms. The van der Waals surface area contributed by atoms with Gasteiger partial charge in [-0.3, -0.25) is 0 Å². The van der Waals surface area contributed by atoms with E-state index in [4.69, 9.17) is 0 Å². The fourth-order valence-corrected chi connectivity index (χ4v) is 4.42. The van der Waals surface area contributed by atoms with E-state index in [9.17, 15) is 0 Å². The summed E-state index contributed by atoms with van der Waals surface area (Å²) in [4.78, 5) is 1.41. The van der Waals surface area contributed by atoms with Crippen molar-refractivity contribution in [3.8, 4) is 10.4 Å². The molecule has 112 valence electrons. The molecule has 1 aliphatic rings. The van der Waals surface area contributed by atoms with E-state index < -0.39 is 0 Å². The van der Waals surface area contributed by atoms with Crippen LogP contribution < -0.4 is 0 Å². The fraction of sp³-hybridized carbons (Fsp3) is 0.500. The van der Waals surface area contributed by atoms with Gasteiger partial charge in [-0.25, -0.2) is 0 Å². The third-order valence-electron chi connectivity index (χ3n) is 4.84. The Morgan fingerprint density at radius 3 is 2.57 bits per heavy atom. The highest BCUT2D eigenvalue weighted by atomic mass is 32.1. The number of thiophene rings is 1. The molecule has 1 heteroatoms. The molecule has 0 N–H and O–H groups in total. The molecule has 0 spiro atoms. The fourth-order valence-electron chi connectivity index (χ4n) is 3.63. The molecular weight excluding hydrogens is 272 g/mol. The minimum absolute atomic E-state index is 1.03. The Balaban J connectivity index is 1.51. The van der Waals surface area contributed by atoms with Crippen molar-refractivity contribution in [1.82, 2.24) is 0 Å². The molecular formula is C20H26S. The smallest absolute Gasteiger partial charge is 0.0345 e. The minimum atomic E-state index is 1.03. The largest absolute Gasteiger partial charge is 0.144 e. The summed E-state index contributed by atoms with van der Waals surface area (Å²) in [6, 6.07) is 13.3. The van der Waals surface area contributed by atoms with Gasteiger partial charge in [0.25, 0.3) is 0 Å². The van der Waals surface area contributed by atoms with E-state index in [1.54, 1.807) is 0 Å². The standard InChI is InChI=1S/C20H26S/c1-2-9-17(10-3-1)11-4-5-12-18-13-6-7-14-19(18)20-15-8-16-21-20/h6-8,13-17H,1-5,9-12H2. The first-order valence-corrected chi connectivity index (χ1v) is 9.43. The minimum Gasteiger partial charge on any atom is -0.144 e. The zero-order valence-corrected chi connectivity index (χ0v) is 13.7. The van der Waals surface area contributed by atoms with Crippen molar-refractivity contribution in [2.45, 2.75) is 57.8 Å². The first-order valence-electron chi connectivity index (χ1n) is 8.55. The molecule has 21 heavy (non-hydrogen) atoms. The van der Waals surface area contributed by atoms with Crippen LogP contribution in [0.5, 0.6) is 0 Å². The number of benzene rings is 1. The normalized spacial score (nSPS) is 16.2. The molecule has 0 atom stereocenters. The van der Waals surface area contributed by atoms with Gasteiger partial charge in [0.15, 0.2) is 0 Å². The van der Waals surface area contributed by atoms with Crippen LogP contribution in [-0.2, 0) is 6.42 Å². The van der Waals surface area contributed by atoms with E-state index in [0.29, 0.717) is 0 Å². The maximum absolute atomic E-state index is 2.32. The molecule has 2 aromatic rings. The van der Waals surface area contributed by atoms with Gasteiger partial charge in [-0.15, -0.1) is 11.3 Å². The van der Waals surface area contributed by atoms with Crippen molar-refractivity contribution < 1.29 is 0 Å². The maximum Gasteiger partial charge on any atom is 0.0345 e. The molecule has 0 amide bonds. The summed E-state index contributed by atoms with van der Waals surface area (Å²) in [5, 5.41) is 2.18. The molecule has 0 saturated heterocycles. The van der Waals surface area contributed by atoms with Crippen LogP contribution in [-0.4, -0.2) is 0 Å². The Bertz CT molecular complexity index is 521. The first kappa shape index (κ1) is 14.8. The van der Waals surface area contributed by atoms with Gasteiger partial charge in [0.05, 0.1) is 0 Å². The highest BCUT2D eigenvalue weighted by Gasteiger charge is 2.12. The topological polar surface area (TPSA) is 0 Å². The predicted octanol–water partition coefficient (Wildman–Crippen LogP) is 6.71. The summed E-state index contributed by atoms with van der Waals surface area (Å²) in [6.07, 6.45) is 12.9. The van der Waals surface area contributed by atoms with Crippen LogP contribution in [0.2, 0.25) is 0 Å². The van der Waals surface area contributed by atoms with Crippen LogP contribution in [0.1, 0.15) is 56.9 Å². The van der Waals surface area contributed by atoms with E-state index in [1.165, 1.54) is 73.8 Å². The van der Waals surface area contributed by atoms with E-state index in [-0.39, 0.29) is 0 Å². The highest BCUT2D eigenvalue weighted by molar-refractivity contribution is 7.13. The second-order valence-corrected chi connectivity index (χ2v) is 7.33. The third kappa shape index (κ3) is 4.20. The predicted molar refractivity (Wildman–Crippen MR) is 93.9 cm³/mol. The van der Waals surface area contributed by atoms with Crippen LogP contribution in [0.3, 0.4) is 0 Å². The van der Waals surface area contributed by atoms with Gasteiger partial charge < -0.3 is 0 Å². The highest BCUT2D eigenvalue weighted by Crippen LogP contribution is 2.30. The molecule has 3 rings (SSSR count). The number of rotatable bonds is 6. The summed E-state index contributed by atoms with van der Waals surface area (Å²) < 4.78 is 0. The Morgan fingerprint density at radius 1 is 0.905 bits per heavy atom. The van der Waals surface area contributed by atoms with Crippen LogP contribution in [0.15, 0.2) is 41.8 Å². The molecule has 1 aromatic carbocycles. The Kier molecular flexibility index (Phi) is 5.51. The van der Waals surface area contributed by atoms with Crippen molar-refractivity contribution in [3.63, 3.8) is 0 Å². The van der Waals surface area contributed by atoms with E-state index in [0.717, 1.165) is 5.92 Å². The number of hydrogen-bond acceptors (Lipinski definition) is 1. The lowest BCUT2D eigenvalue weighted by Crippen LogP contribution is -2.06. The van der Waals surface area contributed by atoms with Crippen molar-refractivity contribution in [3.05, 3.63) is 47.3 Å². The maximum atomic E-state index is 2.32. The Labute approximate surface area is 133 Å². The average molecular weight is 298 g/mol. The summed E-state index contributed by atoms with van der Waals surface area (Å²) >= 11 is 1.85. The second kappa shape index (κ2) is 7.79. The summed E-state index contributed by atoms with van der Waals surface area (Å²) in [5.74, 6) is 1.03. The second-order valence-electron chi connectivity index (χ2n) is 6.38. The zero-order chi connectivity index (χ0) is 14.3. The summed E-state index contributed by atoms with van der Waals surface area (Å²) in [7, 11) is 0. The lowest BCUT2D eigenvalue weighted by molar-refractivity contribution is 0.330. The van der Waals surface area contributed by atoms with Gasteiger partial charge in [0.1, 0.15) is 0 Å². The van der Waals surface area contributed by atoms with Gasteiger partial charge >= 0.3 is 0 Å². The molecule has 1 fully saturated rings. The zero-order valence-electron chi connectivity index (χ0n) is 12.9. The third-order valence-corrected chi connectivity index (χ3v) is 5.74. The Hall–Kier alpha value is -1.08. The SMILES string of the molecule is c1csc(-c2ccccc2CCCCC2CCCCC2)c1. The molecule has 0 aliphatic heterocycles. The summed E-state index contributed by atoms with van der Waals surface area (Å²) in [5.41, 5.74) is 2.98. The molecule has 1 aromatic heterocycles. The van der Waals surface area contributed by atoms with Gasteiger partial charge in [-0.1, -0.05) is 75.3 Å². The van der Waals surface area contributed by atoms with E-state index in [1.807, 2.05) is 11.3 Å². The van der Waals surface area contributed by atoms with Crippen molar-refractivity contribution in [1.29, 1.82) is 0 Å². The van der Waals surface area contributed by atoms with Gasteiger partial charge in [-0.2, -0.15) is 0 Å². The van der Waals surface area contributed by atoms with Crippen LogP contribution in [0.4, 0.5) is 0 Å². The monoisotopic (exact) mass is 298 g/mol. The van der Waals surface area contributed by atoms with Gasteiger partial charge in [0.2, 0.25) is 0 Å². The molecule has 1 heterocycles. The lowest BCUT2D eigenvalue weighted by Gasteiger charge is -2.21. The molecule has 1 aliphatic carbocycles. The lowest BCUT2D eigenvalue weighted by atomic mass is 9.85. The molecule has 0 nitrogen and oxygen atoms in total. The number of unbranched alkanes of at least 4 members (excludes halogenated alkanes) is 1. The van der Waals surface area contributed by atoms with Crippen LogP contribution in [0, 0.1) is 5.92 Å². The van der Waals surface area contributed by atoms with Crippen molar-refractivity contribution in [2.75, 3.05) is 0 Å². The first-order chi connectivity index (χ1) is 10.4. The molecule has 0 radical (unpaired) electrons. The van der Waals surface area contributed by atoms with Crippen LogP contribution in [0.25, 0.3) is 10.4 Å². The van der Waals surface area contributed by atoms with Crippen molar-refractivity contribution >= 4 is 11.3 Å². The van der Waals surface area contributed by atoms with Gasteiger partial charge in [-0.05, 0) is 41.3 Å². The average Bonchev–Trinajstić information content (AvgIpc) is 3.07. The Morgan fingerprint density at radius 2 is 1.76 bits per heavy atom. The van der Waals surface area contributed by atoms with E-state index in [2.05, 4.69) is 41.8 Å². The number of hydrogen-bond donors (Lipinski definition) is 0. The van der Waals surface area contributed by atoms with Crippen LogP contribution >= 0.6 is 11.3 Å².